The van der Waals surface area contributed by atoms with Crippen LogP contribution in [0.25, 0.3) is 0 Å². The third kappa shape index (κ3) is 4.03. The van der Waals surface area contributed by atoms with Gasteiger partial charge in [0.25, 0.3) is 0 Å². The van der Waals surface area contributed by atoms with Gasteiger partial charge in [0.15, 0.2) is 0 Å². The second kappa shape index (κ2) is 9.07. The molecule has 2 atom stereocenters. The van der Waals surface area contributed by atoms with Gasteiger partial charge < -0.3 is 19.3 Å². The van der Waals surface area contributed by atoms with Crippen molar-refractivity contribution in [2.45, 2.75) is 49.8 Å². The van der Waals surface area contributed by atoms with Crippen LogP contribution in [0.2, 0.25) is 0 Å². The molecule has 0 bridgehead atoms. The topological polar surface area (TPSA) is 80.7 Å². The lowest BCUT2D eigenvalue weighted by molar-refractivity contribution is 0.0431. The van der Waals surface area contributed by atoms with E-state index in [4.69, 9.17) is 9.47 Å². The van der Waals surface area contributed by atoms with Crippen LogP contribution >= 0.6 is 11.8 Å². The van der Waals surface area contributed by atoms with Crippen molar-refractivity contribution in [1.29, 1.82) is 0 Å². The highest BCUT2D eigenvalue weighted by molar-refractivity contribution is 7.98. The van der Waals surface area contributed by atoms with Gasteiger partial charge in [-0.2, -0.15) is 0 Å². The first-order chi connectivity index (χ1) is 14.6. The second-order valence-corrected chi connectivity index (χ2v) is 8.26. The SMILES string of the molecule is CCC1CC(Oc2ncnc3c2CCN3c2ccc(SC)nc2)CCN1C(=O)OC. The monoisotopic (exact) mass is 429 g/mol. The lowest BCUT2D eigenvalue weighted by Gasteiger charge is -2.38. The standard InChI is InChI=1S/C21H27N5O3S/c1-4-14-11-16(7-9-26(14)21(27)28-2)29-20-17-8-10-25(19(17)23-13-24-20)15-5-6-18(30-3)22-12-15/h5-6,12-14,16H,4,7-11H2,1-3H3. The van der Waals surface area contributed by atoms with Gasteiger partial charge in [0.2, 0.25) is 5.88 Å². The van der Waals surface area contributed by atoms with E-state index in [0.717, 1.165) is 54.3 Å². The van der Waals surface area contributed by atoms with Gasteiger partial charge in [-0.05, 0) is 31.2 Å². The molecule has 0 aliphatic carbocycles. The number of hydrogen-bond acceptors (Lipinski definition) is 8. The number of hydrogen-bond donors (Lipinski definition) is 0. The van der Waals surface area contributed by atoms with Gasteiger partial charge in [-0.15, -0.1) is 11.8 Å². The van der Waals surface area contributed by atoms with Crippen LogP contribution in [0.4, 0.5) is 16.3 Å². The summed E-state index contributed by atoms with van der Waals surface area (Å²) >= 11 is 1.63. The molecule has 1 fully saturated rings. The van der Waals surface area contributed by atoms with Crippen molar-refractivity contribution in [2.24, 2.45) is 0 Å². The fraction of sp³-hybridized carbons (Fsp3) is 0.524. The van der Waals surface area contributed by atoms with Crippen LogP contribution < -0.4 is 9.64 Å². The summed E-state index contributed by atoms with van der Waals surface area (Å²) in [7, 11) is 1.43. The molecule has 2 aliphatic heterocycles. The highest BCUT2D eigenvalue weighted by Crippen LogP contribution is 2.37. The van der Waals surface area contributed by atoms with Crippen LogP contribution in [-0.2, 0) is 11.2 Å². The second-order valence-electron chi connectivity index (χ2n) is 7.43. The molecule has 0 spiro atoms. The molecule has 30 heavy (non-hydrogen) atoms. The summed E-state index contributed by atoms with van der Waals surface area (Å²) in [6.07, 6.45) is 8.45. The number of pyridine rings is 1. The number of fused-ring (bicyclic) bond motifs is 1. The zero-order chi connectivity index (χ0) is 21.1. The zero-order valence-corrected chi connectivity index (χ0v) is 18.4. The Morgan fingerprint density at radius 3 is 2.83 bits per heavy atom. The van der Waals surface area contributed by atoms with E-state index in [1.54, 1.807) is 23.0 Å². The molecule has 1 saturated heterocycles. The minimum atomic E-state index is -0.264. The highest BCUT2D eigenvalue weighted by atomic mass is 32.2. The maximum absolute atomic E-state index is 12.0. The van der Waals surface area contributed by atoms with E-state index in [-0.39, 0.29) is 18.2 Å². The number of anilines is 2. The average molecular weight is 430 g/mol. The fourth-order valence-electron chi connectivity index (χ4n) is 4.20. The summed E-state index contributed by atoms with van der Waals surface area (Å²) in [4.78, 5) is 29.4. The lowest BCUT2D eigenvalue weighted by atomic mass is 9.98. The minimum Gasteiger partial charge on any atom is -0.474 e. The van der Waals surface area contributed by atoms with E-state index < -0.39 is 0 Å². The Morgan fingerprint density at radius 1 is 1.27 bits per heavy atom. The summed E-state index contributed by atoms with van der Waals surface area (Å²) in [5, 5.41) is 0.994. The number of thioether (sulfide) groups is 1. The fourth-order valence-corrected chi connectivity index (χ4v) is 4.56. The predicted octanol–water partition coefficient (Wildman–Crippen LogP) is 3.68. The number of nitrogens with zero attached hydrogens (tertiary/aromatic N) is 5. The Balaban J connectivity index is 1.49. The van der Waals surface area contributed by atoms with Crippen molar-refractivity contribution in [3.8, 4) is 5.88 Å². The molecule has 2 aliphatic rings. The van der Waals surface area contributed by atoms with Crippen LogP contribution in [0.5, 0.6) is 5.88 Å². The Labute approximate surface area is 181 Å². The quantitative estimate of drug-likeness (QED) is 0.666. The summed E-state index contributed by atoms with van der Waals surface area (Å²) in [5.74, 6) is 1.54. The molecule has 2 aromatic rings. The molecule has 9 heteroatoms. The van der Waals surface area contributed by atoms with E-state index in [1.807, 2.05) is 18.5 Å². The normalized spacial score (nSPS) is 20.8. The number of piperidine rings is 1. The van der Waals surface area contributed by atoms with Crippen molar-refractivity contribution in [3.05, 3.63) is 30.2 Å². The minimum absolute atomic E-state index is 0.0198. The number of ether oxygens (including phenoxy) is 2. The van der Waals surface area contributed by atoms with Crippen LogP contribution in [0.1, 0.15) is 31.7 Å². The van der Waals surface area contributed by atoms with E-state index >= 15 is 0 Å². The number of aromatic nitrogens is 3. The van der Waals surface area contributed by atoms with Gasteiger partial charge in [-0.1, -0.05) is 6.92 Å². The molecule has 0 radical (unpaired) electrons. The number of amides is 1. The molecule has 1 amide bonds. The Kier molecular flexibility index (Phi) is 6.26. The van der Waals surface area contributed by atoms with Crippen molar-refractivity contribution in [1.82, 2.24) is 19.9 Å². The van der Waals surface area contributed by atoms with E-state index in [2.05, 4.69) is 32.8 Å². The first-order valence-corrected chi connectivity index (χ1v) is 11.5. The molecular weight excluding hydrogens is 402 g/mol. The van der Waals surface area contributed by atoms with E-state index in [9.17, 15) is 4.79 Å². The molecule has 2 unspecified atom stereocenters. The van der Waals surface area contributed by atoms with Crippen LogP contribution in [0.3, 0.4) is 0 Å². The molecule has 0 N–H and O–H groups in total. The lowest BCUT2D eigenvalue weighted by Crippen LogP contribution is -2.48. The number of carbonyl (C=O) groups excluding carboxylic acids is 1. The van der Waals surface area contributed by atoms with Crippen molar-refractivity contribution in [2.75, 3.05) is 31.4 Å². The van der Waals surface area contributed by atoms with E-state index in [0.29, 0.717) is 12.4 Å². The van der Waals surface area contributed by atoms with Gasteiger partial charge in [0.05, 0.1) is 29.6 Å². The van der Waals surface area contributed by atoms with Crippen LogP contribution in [0.15, 0.2) is 29.7 Å². The van der Waals surface area contributed by atoms with Gasteiger partial charge in [-0.25, -0.2) is 19.7 Å². The Hall–Kier alpha value is -2.55. The van der Waals surface area contributed by atoms with Gasteiger partial charge in [0.1, 0.15) is 18.2 Å². The van der Waals surface area contributed by atoms with Crippen molar-refractivity contribution < 1.29 is 14.3 Å². The molecular formula is C21H27N5O3S. The third-order valence-electron chi connectivity index (χ3n) is 5.79. The molecule has 4 rings (SSSR count). The highest BCUT2D eigenvalue weighted by Gasteiger charge is 2.34. The molecule has 160 valence electrons. The van der Waals surface area contributed by atoms with Crippen molar-refractivity contribution in [3.63, 3.8) is 0 Å². The Bertz CT molecular complexity index is 895. The summed E-state index contributed by atoms with van der Waals surface area (Å²) in [5.41, 5.74) is 2.06. The Morgan fingerprint density at radius 2 is 2.13 bits per heavy atom. The molecule has 0 saturated carbocycles. The predicted molar refractivity (Wildman–Crippen MR) is 116 cm³/mol. The maximum Gasteiger partial charge on any atom is 0.409 e. The summed E-state index contributed by atoms with van der Waals surface area (Å²) in [6, 6.07) is 4.21. The molecule has 2 aromatic heterocycles. The largest absolute Gasteiger partial charge is 0.474 e. The summed E-state index contributed by atoms with van der Waals surface area (Å²) in [6.45, 7) is 3.53. The van der Waals surface area contributed by atoms with Crippen LogP contribution in [-0.4, -0.2) is 64.5 Å². The maximum atomic E-state index is 12.0. The zero-order valence-electron chi connectivity index (χ0n) is 17.6. The molecule has 8 nitrogen and oxygen atoms in total. The third-order valence-corrected chi connectivity index (χ3v) is 6.45. The van der Waals surface area contributed by atoms with Crippen molar-refractivity contribution >= 4 is 29.4 Å². The average Bonchev–Trinajstić information content (AvgIpc) is 3.23. The number of carbonyl (C=O) groups is 1. The van der Waals surface area contributed by atoms with E-state index in [1.165, 1.54) is 7.11 Å². The summed E-state index contributed by atoms with van der Waals surface area (Å²) < 4.78 is 11.3. The molecule has 4 heterocycles. The first-order valence-electron chi connectivity index (χ1n) is 10.3. The van der Waals surface area contributed by atoms with Gasteiger partial charge in [-0.3, -0.25) is 0 Å². The van der Waals surface area contributed by atoms with Gasteiger partial charge in [0, 0.05) is 32.0 Å². The first kappa shape index (κ1) is 20.7. The molecule has 0 aromatic carbocycles. The smallest absolute Gasteiger partial charge is 0.409 e. The number of methoxy groups -OCH3 is 1. The van der Waals surface area contributed by atoms with Gasteiger partial charge >= 0.3 is 6.09 Å². The number of likely N-dealkylation sites (tertiary alicyclic amines) is 1. The van der Waals surface area contributed by atoms with Crippen LogP contribution in [0, 0.1) is 0 Å². The number of rotatable bonds is 5.